The summed E-state index contributed by atoms with van der Waals surface area (Å²) in [6, 6.07) is 0.556. The minimum atomic E-state index is 0.173. The largest absolute Gasteiger partial charge is 0.309 e. The van der Waals surface area contributed by atoms with Gasteiger partial charge in [-0.25, -0.2) is 4.98 Å². The molecule has 0 spiro atoms. The van der Waals surface area contributed by atoms with Crippen LogP contribution in [0.2, 0.25) is 0 Å². The molecule has 2 nitrogen and oxygen atoms in total. The van der Waals surface area contributed by atoms with Crippen LogP contribution in [0.25, 0.3) is 0 Å². The van der Waals surface area contributed by atoms with Crippen LogP contribution in [0.1, 0.15) is 51.4 Å². The first-order valence-electron chi connectivity index (χ1n) is 5.99. The molecule has 1 atom stereocenters. The molecule has 3 heteroatoms. The van der Waals surface area contributed by atoms with Gasteiger partial charge in [0.05, 0.1) is 5.01 Å². The fraction of sp³-hybridized carbons (Fsp3) is 0.769. The number of hydrogen-bond donors (Lipinski definition) is 1. The van der Waals surface area contributed by atoms with E-state index in [1.165, 1.54) is 9.88 Å². The van der Waals surface area contributed by atoms with Gasteiger partial charge in [0.25, 0.3) is 0 Å². The Hall–Kier alpha value is -0.410. The molecule has 92 valence electrons. The molecule has 16 heavy (non-hydrogen) atoms. The van der Waals surface area contributed by atoms with Crippen molar-refractivity contribution in [3.8, 4) is 0 Å². The van der Waals surface area contributed by atoms with Gasteiger partial charge in [-0.15, -0.1) is 11.3 Å². The summed E-state index contributed by atoms with van der Waals surface area (Å²) in [6.07, 6.45) is 2.01. The zero-order valence-corrected chi connectivity index (χ0v) is 12.1. The van der Waals surface area contributed by atoms with Gasteiger partial charge in [0.15, 0.2) is 0 Å². The fourth-order valence-electron chi connectivity index (χ4n) is 1.23. The lowest BCUT2D eigenvalue weighted by Crippen LogP contribution is -2.29. The normalized spacial score (nSPS) is 14.4. The SMILES string of the molecule is CC(C)C(C)NCc1cnc(C(C)(C)C)s1. The maximum Gasteiger partial charge on any atom is 0.0981 e. The van der Waals surface area contributed by atoms with Gasteiger partial charge < -0.3 is 5.32 Å². The highest BCUT2D eigenvalue weighted by Crippen LogP contribution is 2.26. The second kappa shape index (κ2) is 5.28. The van der Waals surface area contributed by atoms with Crippen LogP contribution < -0.4 is 5.32 Å². The van der Waals surface area contributed by atoms with E-state index in [-0.39, 0.29) is 5.41 Å². The van der Waals surface area contributed by atoms with E-state index >= 15 is 0 Å². The molecule has 1 N–H and O–H groups in total. The lowest BCUT2D eigenvalue weighted by Gasteiger charge is -2.16. The van der Waals surface area contributed by atoms with Gasteiger partial charge in [0.2, 0.25) is 0 Å². The Balaban J connectivity index is 2.53. The fourth-order valence-corrected chi connectivity index (χ4v) is 2.15. The molecule has 0 aromatic carbocycles. The standard InChI is InChI=1S/C13H24N2S/c1-9(2)10(3)14-7-11-8-15-12(16-11)13(4,5)6/h8-10,14H,7H2,1-6H3. The Morgan fingerprint density at radius 2 is 1.94 bits per heavy atom. The third kappa shape index (κ3) is 3.87. The molecule has 0 saturated carbocycles. The van der Waals surface area contributed by atoms with Crippen LogP contribution in [0.15, 0.2) is 6.20 Å². The molecule has 1 aromatic heterocycles. The van der Waals surface area contributed by atoms with Gasteiger partial charge in [0.1, 0.15) is 0 Å². The minimum Gasteiger partial charge on any atom is -0.309 e. The van der Waals surface area contributed by atoms with Gasteiger partial charge >= 0.3 is 0 Å². The zero-order valence-electron chi connectivity index (χ0n) is 11.3. The molecule has 0 aliphatic heterocycles. The highest BCUT2D eigenvalue weighted by Gasteiger charge is 2.18. The second-order valence-corrected chi connectivity index (χ2v) is 6.91. The van der Waals surface area contributed by atoms with E-state index in [0.29, 0.717) is 12.0 Å². The number of aromatic nitrogens is 1. The quantitative estimate of drug-likeness (QED) is 0.870. The number of nitrogens with zero attached hydrogens (tertiary/aromatic N) is 1. The summed E-state index contributed by atoms with van der Waals surface area (Å²) in [4.78, 5) is 5.82. The molecular formula is C13H24N2S. The summed E-state index contributed by atoms with van der Waals surface area (Å²) in [5, 5.41) is 4.76. The van der Waals surface area contributed by atoms with E-state index in [2.05, 4.69) is 51.8 Å². The van der Waals surface area contributed by atoms with E-state index < -0.39 is 0 Å². The molecule has 0 saturated heterocycles. The maximum absolute atomic E-state index is 4.49. The molecule has 1 heterocycles. The highest BCUT2D eigenvalue weighted by atomic mass is 32.1. The zero-order chi connectivity index (χ0) is 12.3. The molecule has 0 radical (unpaired) electrons. The van der Waals surface area contributed by atoms with E-state index in [9.17, 15) is 0 Å². The van der Waals surface area contributed by atoms with E-state index in [1.54, 1.807) is 0 Å². The third-order valence-corrected chi connectivity index (χ3v) is 4.22. The number of hydrogen-bond acceptors (Lipinski definition) is 3. The first kappa shape index (κ1) is 13.7. The first-order valence-corrected chi connectivity index (χ1v) is 6.81. The van der Waals surface area contributed by atoms with Gasteiger partial charge in [-0.1, -0.05) is 34.6 Å². The van der Waals surface area contributed by atoms with Crippen molar-refractivity contribution in [3.05, 3.63) is 16.1 Å². The predicted octanol–water partition coefficient (Wildman–Crippen LogP) is 3.57. The van der Waals surface area contributed by atoms with E-state index in [0.717, 1.165) is 6.54 Å². The van der Waals surface area contributed by atoms with Crippen molar-refractivity contribution >= 4 is 11.3 Å². The van der Waals surface area contributed by atoms with Crippen molar-refractivity contribution in [2.24, 2.45) is 5.92 Å². The Bertz CT molecular complexity index is 323. The van der Waals surface area contributed by atoms with Gasteiger partial charge in [-0.2, -0.15) is 0 Å². The summed E-state index contributed by atoms with van der Waals surface area (Å²) < 4.78 is 0. The number of nitrogens with one attached hydrogen (secondary N) is 1. The lowest BCUT2D eigenvalue weighted by atomic mass is 9.98. The highest BCUT2D eigenvalue weighted by molar-refractivity contribution is 7.11. The van der Waals surface area contributed by atoms with Crippen molar-refractivity contribution in [2.45, 2.75) is 59.5 Å². The van der Waals surface area contributed by atoms with Gasteiger partial charge in [-0.05, 0) is 12.8 Å². The smallest absolute Gasteiger partial charge is 0.0981 e. The van der Waals surface area contributed by atoms with Crippen LogP contribution in [0.3, 0.4) is 0 Å². The summed E-state index contributed by atoms with van der Waals surface area (Å²) in [7, 11) is 0. The van der Waals surface area contributed by atoms with E-state index in [1.807, 2.05) is 17.5 Å². The summed E-state index contributed by atoms with van der Waals surface area (Å²) in [6.45, 7) is 14.3. The molecule has 0 amide bonds. The van der Waals surface area contributed by atoms with Crippen LogP contribution in [-0.2, 0) is 12.0 Å². The molecule has 0 bridgehead atoms. The average molecular weight is 240 g/mol. The van der Waals surface area contributed by atoms with Crippen molar-refractivity contribution < 1.29 is 0 Å². The number of rotatable bonds is 4. The summed E-state index contributed by atoms with van der Waals surface area (Å²) in [5.41, 5.74) is 0.173. The van der Waals surface area contributed by atoms with Crippen molar-refractivity contribution in [1.82, 2.24) is 10.3 Å². The van der Waals surface area contributed by atoms with Gasteiger partial charge in [-0.3, -0.25) is 0 Å². The first-order chi connectivity index (χ1) is 7.30. The average Bonchev–Trinajstić information content (AvgIpc) is 2.61. The Labute approximate surface area is 103 Å². The van der Waals surface area contributed by atoms with Crippen molar-refractivity contribution in [2.75, 3.05) is 0 Å². The molecule has 0 aliphatic carbocycles. The van der Waals surface area contributed by atoms with Crippen LogP contribution in [-0.4, -0.2) is 11.0 Å². The number of thiazole rings is 1. The molecule has 1 rings (SSSR count). The van der Waals surface area contributed by atoms with Crippen LogP contribution >= 0.6 is 11.3 Å². The van der Waals surface area contributed by atoms with Gasteiger partial charge in [0, 0.05) is 29.1 Å². The molecular weight excluding hydrogens is 216 g/mol. The Morgan fingerprint density at radius 1 is 1.31 bits per heavy atom. The molecule has 1 unspecified atom stereocenters. The Kier molecular flexibility index (Phi) is 4.51. The predicted molar refractivity (Wildman–Crippen MR) is 72.0 cm³/mol. The van der Waals surface area contributed by atoms with Crippen molar-refractivity contribution in [3.63, 3.8) is 0 Å². The molecule has 1 aromatic rings. The van der Waals surface area contributed by atoms with E-state index in [4.69, 9.17) is 0 Å². The summed E-state index contributed by atoms with van der Waals surface area (Å²) in [5.74, 6) is 0.676. The maximum atomic E-state index is 4.49. The topological polar surface area (TPSA) is 24.9 Å². The Morgan fingerprint density at radius 3 is 2.38 bits per heavy atom. The lowest BCUT2D eigenvalue weighted by molar-refractivity contribution is 0.427. The van der Waals surface area contributed by atoms with Crippen LogP contribution in [0.5, 0.6) is 0 Å². The molecule has 0 fully saturated rings. The van der Waals surface area contributed by atoms with Crippen LogP contribution in [0.4, 0.5) is 0 Å². The second-order valence-electron chi connectivity index (χ2n) is 5.80. The monoisotopic (exact) mass is 240 g/mol. The minimum absolute atomic E-state index is 0.173. The third-order valence-electron chi connectivity index (χ3n) is 2.79. The van der Waals surface area contributed by atoms with Crippen LogP contribution in [0, 0.1) is 5.92 Å². The summed E-state index contributed by atoms with van der Waals surface area (Å²) >= 11 is 1.82. The van der Waals surface area contributed by atoms with Crippen molar-refractivity contribution in [1.29, 1.82) is 0 Å². The molecule has 0 aliphatic rings.